The minimum Gasteiger partial charge on any atom is -0.463 e. The molecule has 2 aromatic heterocycles. The molecule has 0 unspecified atom stereocenters. The van der Waals surface area contributed by atoms with E-state index >= 15 is 0 Å². The average Bonchev–Trinajstić information content (AvgIpc) is 3.29. The summed E-state index contributed by atoms with van der Waals surface area (Å²) in [4.78, 5) is 17.8. The fraction of sp³-hybridized carbons (Fsp3) is 0.0500. The van der Waals surface area contributed by atoms with E-state index in [2.05, 4.69) is 10.3 Å². The number of aromatic nitrogens is 1. The van der Waals surface area contributed by atoms with Gasteiger partial charge in [-0.15, -0.1) is 11.3 Å². The first-order valence-electron chi connectivity index (χ1n) is 8.26. The standard InChI is InChI=1S/C20H16N4O2S/c21-18(22)13-7-5-12(6-8-13)9-14-10-23-20(27-14)24-19(25)16-11-26-17-4-2-1-3-15(16)17/h1-8,10-11H,9H2,(H3,21,22)(H,23,24,25). The minimum atomic E-state index is -0.244. The van der Waals surface area contributed by atoms with Crippen molar-refractivity contribution in [3.8, 4) is 0 Å². The molecule has 2 aromatic carbocycles. The number of carbonyl (C=O) groups excluding carboxylic acids is 1. The van der Waals surface area contributed by atoms with E-state index in [4.69, 9.17) is 15.6 Å². The average molecular weight is 376 g/mol. The molecule has 0 bridgehead atoms. The Morgan fingerprint density at radius 1 is 1.19 bits per heavy atom. The van der Waals surface area contributed by atoms with Crippen molar-refractivity contribution in [2.75, 3.05) is 5.32 Å². The largest absolute Gasteiger partial charge is 0.463 e. The summed E-state index contributed by atoms with van der Waals surface area (Å²) in [6.45, 7) is 0. The molecule has 0 aliphatic carbocycles. The van der Waals surface area contributed by atoms with E-state index in [1.165, 1.54) is 17.6 Å². The number of rotatable bonds is 5. The predicted octanol–water partition coefficient (Wildman–Crippen LogP) is 4.02. The van der Waals surface area contributed by atoms with Crippen LogP contribution in [0.1, 0.15) is 26.4 Å². The Kier molecular flexibility index (Phi) is 4.43. The van der Waals surface area contributed by atoms with Crippen molar-refractivity contribution in [3.05, 3.63) is 82.6 Å². The molecule has 0 radical (unpaired) electrons. The third-order valence-electron chi connectivity index (χ3n) is 4.14. The molecule has 0 aliphatic heterocycles. The Balaban J connectivity index is 1.46. The van der Waals surface area contributed by atoms with E-state index in [9.17, 15) is 4.79 Å². The summed E-state index contributed by atoms with van der Waals surface area (Å²) in [6, 6.07) is 14.9. The number of fused-ring (bicyclic) bond motifs is 1. The molecule has 0 saturated carbocycles. The molecule has 0 atom stereocenters. The number of para-hydroxylation sites is 1. The quantitative estimate of drug-likeness (QED) is 0.361. The van der Waals surface area contributed by atoms with Crippen molar-refractivity contribution in [1.29, 1.82) is 5.41 Å². The van der Waals surface area contributed by atoms with Crippen LogP contribution in [0.4, 0.5) is 5.13 Å². The van der Waals surface area contributed by atoms with E-state index < -0.39 is 0 Å². The van der Waals surface area contributed by atoms with Gasteiger partial charge in [0.05, 0.1) is 5.56 Å². The summed E-state index contributed by atoms with van der Waals surface area (Å²) in [5.41, 5.74) is 8.42. The summed E-state index contributed by atoms with van der Waals surface area (Å²) in [6.07, 6.45) is 3.91. The van der Waals surface area contributed by atoms with Gasteiger partial charge in [0.2, 0.25) is 0 Å². The maximum atomic E-state index is 12.5. The lowest BCUT2D eigenvalue weighted by molar-refractivity contribution is 0.102. The number of nitrogens with two attached hydrogens (primary N) is 1. The van der Waals surface area contributed by atoms with Gasteiger partial charge < -0.3 is 10.2 Å². The molecule has 0 saturated heterocycles. The topological polar surface area (TPSA) is 105 Å². The zero-order valence-electron chi connectivity index (χ0n) is 14.2. The molecular weight excluding hydrogens is 360 g/mol. The van der Waals surface area contributed by atoms with Crippen LogP contribution in [-0.4, -0.2) is 16.7 Å². The lowest BCUT2D eigenvalue weighted by Gasteiger charge is -2.01. The number of furan rings is 1. The highest BCUT2D eigenvalue weighted by Gasteiger charge is 2.15. The van der Waals surface area contributed by atoms with Crippen molar-refractivity contribution < 1.29 is 9.21 Å². The van der Waals surface area contributed by atoms with Crippen LogP contribution < -0.4 is 11.1 Å². The van der Waals surface area contributed by atoms with Gasteiger partial charge in [0, 0.05) is 28.4 Å². The van der Waals surface area contributed by atoms with Gasteiger partial charge in [-0.2, -0.15) is 0 Å². The van der Waals surface area contributed by atoms with Crippen LogP contribution in [0.15, 0.2) is 65.4 Å². The minimum absolute atomic E-state index is 0.0520. The Morgan fingerprint density at radius 2 is 1.96 bits per heavy atom. The first-order chi connectivity index (χ1) is 13.1. The highest BCUT2D eigenvalue weighted by atomic mass is 32.1. The van der Waals surface area contributed by atoms with Gasteiger partial charge in [-0.3, -0.25) is 15.5 Å². The van der Waals surface area contributed by atoms with E-state index in [0.29, 0.717) is 28.3 Å². The number of nitrogens with zero attached hydrogens (tertiary/aromatic N) is 1. The number of nitrogen functional groups attached to an aromatic ring is 1. The monoisotopic (exact) mass is 376 g/mol. The Labute approximate surface area is 159 Å². The second-order valence-electron chi connectivity index (χ2n) is 6.02. The van der Waals surface area contributed by atoms with Crippen molar-refractivity contribution in [3.63, 3.8) is 0 Å². The molecule has 27 heavy (non-hydrogen) atoms. The number of hydrogen-bond acceptors (Lipinski definition) is 5. The summed E-state index contributed by atoms with van der Waals surface area (Å²) < 4.78 is 5.42. The molecule has 0 spiro atoms. The van der Waals surface area contributed by atoms with Crippen LogP contribution in [0.3, 0.4) is 0 Å². The predicted molar refractivity (Wildman–Crippen MR) is 107 cm³/mol. The maximum Gasteiger partial charge on any atom is 0.261 e. The molecular formula is C20H16N4O2S. The van der Waals surface area contributed by atoms with Crippen LogP contribution in [0.25, 0.3) is 11.0 Å². The number of amidine groups is 1. The Morgan fingerprint density at radius 3 is 2.74 bits per heavy atom. The number of nitrogens with one attached hydrogen (secondary N) is 2. The zero-order chi connectivity index (χ0) is 18.8. The second kappa shape index (κ2) is 7.05. The Hall–Kier alpha value is -3.45. The van der Waals surface area contributed by atoms with Crippen molar-refractivity contribution in [2.45, 2.75) is 6.42 Å². The molecule has 2 heterocycles. The van der Waals surface area contributed by atoms with Crippen LogP contribution in [-0.2, 0) is 6.42 Å². The van der Waals surface area contributed by atoms with Crippen molar-refractivity contribution in [1.82, 2.24) is 4.98 Å². The third kappa shape index (κ3) is 3.58. The van der Waals surface area contributed by atoms with Crippen molar-refractivity contribution in [2.24, 2.45) is 5.73 Å². The number of hydrogen-bond donors (Lipinski definition) is 3. The highest BCUT2D eigenvalue weighted by Crippen LogP contribution is 2.25. The molecule has 4 N–H and O–H groups in total. The van der Waals surface area contributed by atoms with Gasteiger partial charge in [-0.1, -0.05) is 42.5 Å². The fourth-order valence-electron chi connectivity index (χ4n) is 2.77. The van der Waals surface area contributed by atoms with E-state index in [1.807, 2.05) is 48.5 Å². The van der Waals surface area contributed by atoms with Crippen LogP contribution in [0.5, 0.6) is 0 Å². The van der Waals surface area contributed by atoms with Gasteiger partial charge in [0.15, 0.2) is 5.13 Å². The number of thiazole rings is 1. The van der Waals surface area contributed by atoms with Crippen LogP contribution in [0, 0.1) is 5.41 Å². The van der Waals surface area contributed by atoms with Gasteiger partial charge in [0.25, 0.3) is 5.91 Å². The lowest BCUT2D eigenvalue weighted by Crippen LogP contribution is -2.10. The maximum absolute atomic E-state index is 12.5. The van der Waals surface area contributed by atoms with Gasteiger partial charge in [0.1, 0.15) is 17.7 Å². The first kappa shape index (κ1) is 17.0. The number of benzene rings is 2. The number of anilines is 1. The number of amides is 1. The van der Waals surface area contributed by atoms with E-state index in [-0.39, 0.29) is 11.7 Å². The van der Waals surface area contributed by atoms with Gasteiger partial charge >= 0.3 is 0 Å². The highest BCUT2D eigenvalue weighted by molar-refractivity contribution is 7.15. The molecule has 7 heteroatoms. The molecule has 0 aliphatic rings. The van der Waals surface area contributed by atoms with Gasteiger partial charge in [-0.05, 0) is 11.6 Å². The summed E-state index contributed by atoms with van der Waals surface area (Å²) >= 11 is 1.43. The molecule has 1 amide bonds. The fourth-order valence-corrected chi connectivity index (χ4v) is 3.61. The third-order valence-corrected chi connectivity index (χ3v) is 5.06. The van der Waals surface area contributed by atoms with Crippen molar-refractivity contribution >= 4 is 39.2 Å². The van der Waals surface area contributed by atoms with Crippen LogP contribution in [0.2, 0.25) is 0 Å². The molecule has 6 nitrogen and oxygen atoms in total. The molecule has 4 aromatic rings. The second-order valence-corrected chi connectivity index (χ2v) is 7.13. The first-order valence-corrected chi connectivity index (χ1v) is 9.07. The van der Waals surface area contributed by atoms with E-state index in [0.717, 1.165) is 15.8 Å². The number of carbonyl (C=O) groups is 1. The molecule has 0 fully saturated rings. The smallest absolute Gasteiger partial charge is 0.261 e. The molecule has 134 valence electrons. The lowest BCUT2D eigenvalue weighted by atomic mass is 10.1. The normalized spacial score (nSPS) is 10.8. The summed E-state index contributed by atoms with van der Waals surface area (Å²) in [7, 11) is 0. The molecule has 4 rings (SSSR count). The summed E-state index contributed by atoms with van der Waals surface area (Å²) in [5, 5.41) is 11.6. The van der Waals surface area contributed by atoms with Crippen LogP contribution >= 0.6 is 11.3 Å². The Bertz CT molecular complexity index is 1130. The van der Waals surface area contributed by atoms with Gasteiger partial charge in [-0.25, -0.2) is 4.98 Å². The van der Waals surface area contributed by atoms with E-state index in [1.54, 1.807) is 6.20 Å². The zero-order valence-corrected chi connectivity index (χ0v) is 15.0. The SMILES string of the molecule is N=C(N)c1ccc(Cc2cnc(NC(=O)c3coc4ccccc34)s2)cc1. The summed E-state index contributed by atoms with van der Waals surface area (Å²) in [5.74, 6) is -0.192.